The molecule has 0 saturated heterocycles. The van der Waals surface area contributed by atoms with Crippen LogP contribution in [0.4, 0.5) is 29.1 Å². The van der Waals surface area contributed by atoms with Crippen molar-refractivity contribution >= 4 is 29.0 Å². The molecule has 8 nitrogen and oxygen atoms in total. The summed E-state index contributed by atoms with van der Waals surface area (Å²) in [6.45, 7) is -1.29. The van der Waals surface area contributed by atoms with Gasteiger partial charge in [0.2, 0.25) is 0 Å². The predicted octanol–water partition coefficient (Wildman–Crippen LogP) is 3.97. The van der Waals surface area contributed by atoms with Crippen LogP contribution in [0.15, 0.2) is 42.9 Å². The van der Waals surface area contributed by atoms with Gasteiger partial charge in [-0.25, -0.2) is 14.4 Å². The zero-order valence-corrected chi connectivity index (χ0v) is 18.5. The molecule has 3 rings (SSSR count). The Labute approximate surface area is 196 Å². The molecule has 180 valence electrons. The Bertz CT molecular complexity index is 1160. The SMILES string of the molecule is COc1cnc(-c2cc(Cl)ccc2F)nc1Nc1ccncc1C(=O)NCCNCC(F)(F)F. The summed E-state index contributed by atoms with van der Waals surface area (Å²) in [5.74, 6) is -0.772. The Morgan fingerprint density at radius 3 is 2.71 bits per heavy atom. The Hall–Kier alpha value is -3.51. The van der Waals surface area contributed by atoms with Crippen LogP contribution in [-0.2, 0) is 0 Å². The molecule has 0 spiro atoms. The smallest absolute Gasteiger partial charge is 0.401 e. The van der Waals surface area contributed by atoms with Crippen molar-refractivity contribution in [2.45, 2.75) is 6.18 Å². The van der Waals surface area contributed by atoms with Crippen LogP contribution < -0.4 is 20.7 Å². The summed E-state index contributed by atoms with van der Waals surface area (Å²) in [6.07, 6.45) is -0.298. The summed E-state index contributed by atoms with van der Waals surface area (Å²) in [6, 6.07) is 5.45. The van der Waals surface area contributed by atoms with Crippen molar-refractivity contribution in [3.05, 3.63) is 59.3 Å². The Kier molecular flexibility index (Phi) is 8.18. The van der Waals surface area contributed by atoms with Gasteiger partial charge in [-0.2, -0.15) is 13.2 Å². The van der Waals surface area contributed by atoms with Crippen LogP contribution in [-0.4, -0.2) is 53.8 Å². The minimum Gasteiger partial charge on any atom is -0.491 e. The molecular formula is C21H19ClF4N6O2. The van der Waals surface area contributed by atoms with Crippen LogP contribution in [0.1, 0.15) is 10.4 Å². The number of nitrogens with one attached hydrogen (secondary N) is 3. The molecule has 2 heterocycles. The lowest BCUT2D eigenvalue weighted by Gasteiger charge is -2.14. The number of methoxy groups -OCH3 is 1. The number of pyridine rings is 1. The third-order valence-corrected chi connectivity index (χ3v) is 4.61. The fourth-order valence-electron chi connectivity index (χ4n) is 2.81. The first-order valence-corrected chi connectivity index (χ1v) is 10.2. The second-order valence-electron chi connectivity index (χ2n) is 6.83. The third-order valence-electron chi connectivity index (χ3n) is 4.38. The number of benzene rings is 1. The van der Waals surface area contributed by atoms with Gasteiger partial charge in [-0.05, 0) is 24.3 Å². The van der Waals surface area contributed by atoms with Crippen molar-refractivity contribution in [1.29, 1.82) is 0 Å². The van der Waals surface area contributed by atoms with Crippen LogP contribution >= 0.6 is 11.6 Å². The van der Waals surface area contributed by atoms with Crippen molar-refractivity contribution in [3.63, 3.8) is 0 Å². The zero-order chi connectivity index (χ0) is 24.7. The fourth-order valence-corrected chi connectivity index (χ4v) is 2.98. The molecule has 0 bridgehead atoms. The van der Waals surface area contributed by atoms with E-state index in [0.717, 1.165) is 0 Å². The average molecular weight is 499 g/mol. The van der Waals surface area contributed by atoms with Gasteiger partial charge in [-0.1, -0.05) is 11.6 Å². The molecule has 0 fully saturated rings. The van der Waals surface area contributed by atoms with Gasteiger partial charge in [0.25, 0.3) is 5.91 Å². The van der Waals surface area contributed by atoms with Crippen LogP contribution in [0.3, 0.4) is 0 Å². The molecule has 0 aliphatic rings. The van der Waals surface area contributed by atoms with Gasteiger partial charge in [0, 0.05) is 30.5 Å². The average Bonchev–Trinajstić information content (AvgIpc) is 2.80. The second kappa shape index (κ2) is 11.1. The zero-order valence-electron chi connectivity index (χ0n) is 17.7. The van der Waals surface area contributed by atoms with E-state index in [2.05, 4.69) is 30.9 Å². The number of nitrogens with zero attached hydrogens (tertiary/aromatic N) is 3. The Balaban J connectivity index is 1.79. The maximum absolute atomic E-state index is 14.3. The molecule has 0 aliphatic heterocycles. The van der Waals surface area contributed by atoms with Gasteiger partial charge in [-0.3, -0.25) is 9.78 Å². The number of ether oxygens (including phenoxy) is 1. The maximum atomic E-state index is 14.3. The van der Waals surface area contributed by atoms with E-state index in [1.807, 2.05) is 0 Å². The summed E-state index contributed by atoms with van der Waals surface area (Å²) in [4.78, 5) is 24.9. The minimum absolute atomic E-state index is 0.0269. The van der Waals surface area contributed by atoms with E-state index in [0.29, 0.717) is 5.02 Å². The second-order valence-corrected chi connectivity index (χ2v) is 7.27. The quantitative estimate of drug-likeness (QED) is 0.303. The highest BCUT2D eigenvalue weighted by Crippen LogP contribution is 2.30. The van der Waals surface area contributed by atoms with Gasteiger partial charge in [-0.15, -0.1) is 0 Å². The molecule has 0 aliphatic carbocycles. The molecule has 3 N–H and O–H groups in total. The molecule has 0 radical (unpaired) electrons. The molecule has 0 atom stereocenters. The van der Waals surface area contributed by atoms with E-state index in [-0.39, 0.29) is 47.3 Å². The van der Waals surface area contributed by atoms with Gasteiger partial charge < -0.3 is 20.7 Å². The van der Waals surface area contributed by atoms with Gasteiger partial charge in [0.15, 0.2) is 17.4 Å². The molecule has 1 amide bonds. The molecule has 3 aromatic rings. The van der Waals surface area contributed by atoms with Gasteiger partial charge in [0.1, 0.15) is 5.82 Å². The number of carbonyl (C=O) groups excluding carboxylic acids is 1. The molecule has 0 saturated carbocycles. The van der Waals surface area contributed by atoms with Crippen molar-refractivity contribution in [2.75, 3.05) is 32.1 Å². The summed E-state index contributed by atoms with van der Waals surface area (Å²) >= 11 is 5.96. The van der Waals surface area contributed by atoms with E-state index in [1.54, 1.807) is 0 Å². The predicted molar refractivity (Wildman–Crippen MR) is 118 cm³/mol. The molecule has 13 heteroatoms. The van der Waals surface area contributed by atoms with E-state index in [4.69, 9.17) is 16.3 Å². The highest BCUT2D eigenvalue weighted by molar-refractivity contribution is 6.30. The highest BCUT2D eigenvalue weighted by Gasteiger charge is 2.26. The molecule has 0 unspecified atom stereocenters. The lowest BCUT2D eigenvalue weighted by Crippen LogP contribution is -2.36. The molecule has 2 aromatic heterocycles. The molecule has 1 aromatic carbocycles. The Morgan fingerprint density at radius 2 is 1.97 bits per heavy atom. The number of hydrogen-bond donors (Lipinski definition) is 3. The Morgan fingerprint density at radius 1 is 1.18 bits per heavy atom. The van der Waals surface area contributed by atoms with E-state index in [9.17, 15) is 22.4 Å². The fraction of sp³-hybridized carbons (Fsp3) is 0.238. The minimum atomic E-state index is -4.34. The van der Waals surface area contributed by atoms with Gasteiger partial charge >= 0.3 is 6.18 Å². The maximum Gasteiger partial charge on any atom is 0.401 e. The normalized spacial score (nSPS) is 11.2. The van der Waals surface area contributed by atoms with Gasteiger partial charge in [0.05, 0.1) is 36.7 Å². The first-order chi connectivity index (χ1) is 16.2. The number of amides is 1. The number of rotatable bonds is 9. The summed E-state index contributed by atoms with van der Waals surface area (Å²) in [7, 11) is 1.39. The summed E-state index contributed by atoms with van der Waals surface area (Å²) < 4.78 is 56.1. The van der Waals surface area contributed by atoms with Crippen molar-refractivity contribution in [1.82, 2.24) is 25.6 Å². The van der Waals surface area contributed by atoms with Crippen LogP contribution in [0.5, 0.6) is 5.75 Å². The molecular weight excluding hydrogens is 480 g/mol. The molecule has 34 heavy (non-hydrogen) atoms. The number of alkyl halides is 3. The number of hydrogen-bond acceptors (Lipinski definition) is 7. The van der Waals surface area contributed by atoms with Crippen molar-refractivity contribution < 1.29 is 27.1 Å². The monoisotopic (exact) mass is 498 g/mol. The number of carbonyl (C=O) groups is 1. The lowest BCUT2D eigenvalue weighted by atomic mass is 10.2. The summed E-state index contributed by atoms with van der Waals surface area (Å²) in [5, 5.41) is 7.94. The van der Waals surface area contributed by atoms with Crippen molar-refractivity contribution in [3.8, 4) is 17.1 Å². The van der Waals surface area contributed by atoms with Crippen molar-refractivity contribution in [2.24, 2.45) is 0 Å². The van der Waals surface area contributed by atoms with E-state index >= 15 is 0 Å². The summed E-state index contributed by atoms with van der Waals surface area (Å²) in [5.41, 5.74) is 0.456. The topological polar surface area (TPSA) is 101 Å². The third kappa shape index (κ3) is 6.75. The first kappa shape index (κ1) is 25.1. The van der Waals surface area contributed by atoms with Crippen LogP contribution in [0.2, 0.25) is 5.02 Å². The first-order valence-electron chi connectivity index (χ1n) is 9.81. The number of halogens is 5. The largest absolute Gasteiger partial charge is 0.491 e. The lowest BCUT2D eigenvalue weighted by molar-refractivity contribution is -0.124. The highest BCUT2D eigenvalue weighted by atomic mass is 35.5. The number of anilines is 2. The van der Waals surface area contributed by atoms with E-state index < -0.39 is 24.4 Å². The number of aromatic nitrogens is 3. The van der Waals surface area contributed by atoms with Crippen LogP contribution in [0, 0.1) is 5.82 Å². The van der Waals surface area contributed by atoms with Crippen LogP contribution in [0.25, 0.3) is 11.4 Å². The standard InChI is InChI=1S/C21H19ClF4N6O2/c1-34-17-10-30-18(13-8-12(22)2-3-15(13)23)32-19(17)31-16-4-5-27-9-14(16)20(33)29-7-6-28-11-21(24,25)26/h2-5,8-10,28H,6-7,11H2,1H3,(H,29,33)(H,27,30,31,32). The van der Waals surface area contributed by atoms with E-state index in [1.165, 1.54) is 50.0 Å².